The van der Waals surface area contributed by atoms with Crippen molar-refractivity contribution in [2.24, 2.45) is 5.73 Å². The summed E-state index contributed by atoms with van der Waals surface area (Å²) in [4.78, 5) is 15.0. The molecule has 0 aliphatic rings. The van der Waals surface area contributed by atoms with E-state index in [1.807, 2.05) is 12.1 Å². The van der Waals surface area contributed by atoms with Gasteiger partial charge in [0.15, 0.2) is 5.82 Å². The van der Waals surface area contributed by atoms with Crippen LogP contribution in [0, 0.1) is 6.92 Å². The van der Waals surface area contributed by atoms with Crippen molar-refractivity contribution in [3.8, 4) is 0 Å². The molecule has 3 N–H and O–H groups in total. The number of hydrogen-bond acceptors (Lipinski definition) is 5. The third kappa shape index (κ3) is 3.14. The quantitative estimate of drug-likeness (QED) is 0.812. The highest BCUT2D eigenvalue weighted by atomic mass is 16.5. The Balaban J connectivity index is 1.85. The average molecular weight is 246 g/mol. The zero-order chi connectivity index (χ0) is 13.0. The summed E-state index contributed by atoms with van der Waals surface area (Å²) in [7, 11) is 0. The Labute approximate surface area is 104 Å². The molecule has 0 saturated heterocycles. The molecule has 1 heterocycles. The van der Waals surface area contributed by atoms with E-state index in [-0.39, 0.29) is 0 Å². The molecule has 2 rings (SSSR count). The Morgan fingerprint density at radius 3 is 2.61 bits per heavy atom. The summed E-state index contributed by atoms with van der Waals surface area (Å²) in [5.41, 5.74) is 6.72. The van der Waals surface area contributed by atoms with E-state index in [0.29, 0.717) is 30.4 Å². The molecule has 1 aromatic carbocycles. The fourth-order valence-electron chi connectivity index (χ4n) is 1.51. The van der Waals surface area contributed by atoms with Gasteiger partial charge in [-0.3, -0.25) is 4.79 Å². The van der Waals surface area contributed by atoms with Gasteiger partial charge in [0.2, 0.25) is 11.8 Å². The summed E-state index contributed by atoms with van der Waals surface area (Å²) in [6.45, 7) is 2.94. The number of aromatic nitrogens is 2. The molecule has 6 nitrogen and oxygen atoms in total. The minimum atomic E-state index is -0.421. The minimum absolute atomic E-state index is 0.421. The number of nitrogens with two attached hydrogens (primary N) is 1. The largest absolute Gasteiger partial charge is 0.366 e. The second-order valence-corrected chi connectivity index (χ2v) is 3.90. The van der Waals surface area contributed by atoms with Crippen molar-refractivity contribution in [1.29, 1.82) is 0 Å². The predicted octanol–water partition coefficient (Wildman–Crippen LogP) is 0.767. The van der Waals surface area contributed by atoms with Gasteiger partial charge in [-0.2, -0.15) is 4.98 Å². The second-order valence-electron chi connectivity index (χ2n) is 3.90. The van der Waals surface area contributed by atoms with Gasteiger partial charge in [-0.1, -0.05) is 17.3 Å². The first kappa shape index (κ1) is 12.3. The molecule has 0 saturated carbocycles. The molecule has 2 aromatic rings. The molecule has 0 radical (unpaired) electrons. The SMILES string of the molecule is Cc1noc(CNCc2ccc(C(N)=O)cc2)n1. The van der Waals surface area contributed by atoms with Crippen molar-refractivity contribution in [2.45, 2.75) is 20.0 Å². The molecule has 94 valence electrons. The maximum absolute atomic E-state index is 10.9. The summed E-state index contributed by atoms with van der Waals surface area (Å²) in [5, 5.41) is 6.86. The van der Waals surface area contributed by atoms with E-state index >= 15 is 0 Å². The number of primary amides is 1. The number of carbonyl (C=O) groups excluding carboxylic acids is 1. The first-order valence-electron chi connectivity index (χ1n) is 5.54. The summed E-state index contributed by atoms with van der Waals surface area (Å²) in [6.07, 6.45) is 0. The standard InChI is InChI=1S/C12H14N4O2/c1-8-15-11(18-16-8)7-14-6-9-2-4-10(5-3-9)12(13)17/h2-5,14H,6-7H2,1H3,(H2,13,17). The number of benzene rings is 1. The molecule has 1 amide bonds. The lowest BCUT2D eigenvalue weighted by Gasteiger charge is -2.02. The molecule has 0 fully saturated rings. The van der Waals surface area contributed by atoms with Gasteiger partial charge in [0, 0.05) is 12.1 Å². The number of nitrogens with one attached hydrogen (secondary N) is 1. The normalized spacial score (nSPS) is 10.5. The number of nitrogens with zero attached hydrogens (tertiary/aromatic N) is 2. The fourth-order valence-corrected chi connectivity index (χ4v) is 1.51. The predicted molar refractivity (Wildman–Crippen MR) is 64.5 cm³/mol. The Morgan fingerprint density at radius 1 is 1.33 bits per heavy atom. The Morgan fingerprint density at radius 2 is 2.06 bits per heavy atom. The van der Waals surface area contributed by atoms with E-state index in [4.69, 9.17) is 10.3 Å². The molecule has 6 heteroatoms. The van der Waals surface area contributed by atoms with Crippen LogP contribution in [0.4, 0.5) is 0 Å². The summed E-state index contributed by atoms with van der Waals surface area (Å²) in [6, 6.07) is 7.12. The van der Waals surface area contributed by atoms with Crippen LogP contribution in [0.3, 0.4) is 0 Å². The lowest BCUT2D eigenvalue weighted by Crippen LogP contribution is -2.14. The number of carbonyl (C=O) groups is 1. The van der Waals surface area contributed by atoms with E-state index in [0.717, 1.165) is 5.56 Å². The third-order valence-electron chi connectivity index (χ3n) is 2.41. The van der Waals surface area contributed by atoms with E-state index < -0.39 is 5.91 Å². The van der Waals surface area contributed by atoms with Crippen molar-refractivity contribution in [3.63, 3.8) is 0 Å². The van der Waals surface area contributed by atoms with Crippen LogP contribution < -0.4 is 11.1 Å². The highest BCUT2D eigenvalue weighted by Gasteiger charge is 2.02. The van der Waals surface area contributed by atoms with Crippen LogP contribution in [-0.2, 0) is 13.1 Å². The number of aryl methyl sites for hydroxylation is 1. The van der Waals surface area contributed by atoms with Crippen LogP contribution in [0.2, 0.25) is 0 Å². The lowest BCUT2D eigenvalue weighted by atomic mass is 10.1. The molecular weight excluding hydrogens is 232 g/mol. The van der Waals surface area contributed by atoms with Gasteiger partial charge >= 0.3 is 0 Å². The summed E-state index contributed by atoms with van der Waals surface area (Å²) < 4.78 is 4.97. The van der Waals surface area contributed by atoms with Crippen molar-refractivity contribution in [1.82, 2.24) is 15.5 Å². The van der Waals surface area contributed by atoms with Crippen molar-refractivity contribution < 1.29 is 9.32 Å². The highest BCUT2D eigenvalue weighted by Crippen LogP contribution is 2.04. The van der Waals surface area contributed by atoms with Crippen LogP contribution in [-0.4, -0.2) is 16.0 Å². The summed E-state index contributed by atoms with van der Waals surface area (Å²) in [5.74, 6) is 0.759. The minimum Gasteiger partial charge on any atom is -0.366 e. The molecule has 18 heavy (non-hydrogen) atoms. The Bertz CT molecular complexity index is 533. The molecule has 0 aliphatic heterocycles. The zero-order valence-electron chi connectivity index (χ0n) is 10.0. The smallest absolute Gasteiger partial charge is 0.248 e. The fraction of sp³-hybridized carbons (Fsp3) is 0.250. The van der Waals surface area contributed by atoms with Gasteiger partial charge < -0.3 is 15.6 Å². The molecule has 0 aliphatic carbocycles. The van der Waals surface area contributed by atoms with Gasteiger partial charge in [0.1, 0.15) is 0 Å². The average Bonchev–Trinajstić information content (AvgIpc) is 2.76. The van der Waals surface area contributed by atoms with Gasteiger partial charge in [0.25, 0.3) is 0 Å². The van der Waals surface area contributed by atoms with Crippen LogP contribution in [0.15, 0.2) is 28.8 Å². The molecule has 1 aromatic heterocycles. The number of hydrogen-bond donors (Lipinski definition) is 2. The monoisotopic (exact) mass is 246 g/mol. The highest BCUT2D eigenvalue weighted by molar-refractivity contribution is 5.92. The molecular formula is C12H14N4O2. The first-order chi connectivity index (χ1) is 8.65. The van der Waals surface area contributed by atoms with Crippen LogP contribution >= 0.6 is 0 Å². The van der Waals surface area contributed by atoms with Crippen LogP contribution in [0.1, 0.15) is 27.6 Å². The van der Waals surface area contributed by atoms with Gasteiger partial charge in [-0.25, -0.2) is 0 Å². The second kappa shape index (κ2) is 5.42. The van der Waals surface area contributed by atoms with E-state index in [1.165, 1.54) is 0 Å². The van der Waals surface area contributed by atoms with Crippen molar-refractivity contribution in [3.05, 3.63) is 47.1 Å². The zero-order valence-corrected chi connectivity index (χ0v) is 10.0. The van der Waals surface area contributed by atoms with Crippen LogP contribution in [0.25, 0.3) is 0 Å². The van der Waals surface area contributed by atoms with Crippen molar-refractivity contribution >= 4 is 5.91 Å². The first-order valence-corrected chi connectivity index (χ1v) is 5.54. The molecule has 0 atom stereocenters. The Kier molecular flexibility index (Phi) is 3.69. The van der Waals surface area contributed by atoms with Gasteiger partial charge in [0.05, 0.1) is 6.54 Å². The van der Waals surface area contributed by atoms with Crippen LogP contribution in [0.5, 0.6) is 0 Å². The Hall–Kier alpha value is -2.21. The molecule has 0 bridgehead atoms. The van der Waals surface area contributed by atoms with E-state index in [2.05, 4.69) is 15.5 Å². The maximum atomic E-state index is 10.9. The third-order valence-corrected chi connectivity index (χ3v) is 2.41. The van der Waals surface area contributed by atoms with E-state index in [9.17, 15) is 4.79 Å². The van der Waals surface area contributed by atoms with Gasteiger partial charge in [-0.05, 0) is 24.6 Å². The summed E-state index contributed by atoms with van der Waals surface area (Å²) >= 11 is 0. The number of amides is 1. The molecule has 0 unspecified atom stereocenters. The van der Waals surface area contributed by atoms with Gasteiger partial charge in [-0.15, -0.1) is 0 Å². The van der Waals surface area contributed by atoms with E-state index in [1.54, 1.807) is 19.1 Å². The maximum Gasteiger partial charge on any atom is 0.248 e. The topological polar surface area (TPSA) is 94.0 Å². The lowest BCUT2D eigenvalue weighted by molar-refractivity contribution is 0.100. The molecule has 0 spiro atoms. The van der Waals surface area contributed by atoms with Crippen molar-refractivity contribution in [2.75, 3.05) is 0 Å². The number of rotatable bonds is 5.